The molecule has 1 aromatic heterocycles. The Hall–Kier alpha value is -2.35. The van der Waals surface area contributed by atoms with Crippen LogP contribution in [0.25, 0.3) is 0 Å². The summed E-state index contributed by atoms with van der Waals surface area (Å²) < 4.78 is 26.5. The first-order chi connectivity index (χ1) is 8.90. The van der Waals surface area contributed by atoms with Crippen molar-refractivity contribution in [3.05, 3.63) is 41.7 Å². The van der Waals surface area contributed by atoms with Gasteiger partial charge in [0.25, 0.3) is 10.0 Å². The van der Waals surface area contributed by atoms with Gasteiger partial charge in [-0.2, -0.15) is 5.10 Å². The number of benzene rings is 1. The molecule has 2 rings (SSSR count). The van der Waals surface area contributed by atoms with E-state index in [0.29, 0.717) is 11.3 Å². The van der Waals surface area contributed by atoms with E-state index in [9.17, 15) is 13.2 Å². The quantitative estimate of drug-likeness (QED) is 0.760. The number of aromatic nitrogens is 2. The first kappa shape index (κ1) is 13.1. The molecule has 0 atom stereocenters. The number of nitrogens with two attached hydrogens (primary N) is 1. The van der Waals surface area contributed by atoms with Crippen molar-refractivity contribution in [1.82, 2.24) is 10.2 Å². The highest BCUT2D eigenvalue weighted by molar-refractivity contribution is 7.92. The molecule has 1 heterocycles. The molecule has 0 fully saturated rings. The van der Waals surface area contributed by atoms with Gasteiger partial charge in [0.15, 0.2) is 0 Å². The van der Waals surface area contributed by atoms with Crippen molar-refractivity contribution in [2.24, 2.45) is 5.73 Å². The second kappa shape index (κ2) is 4.73. The van der Waals surface area contributed by atoms with Crippen LogP contribution in [0.15, 0.2) is 35.5 Å². The first-order valence-corrected chi connectivity index (χ1v) is 6.80. The SMILES string of the molecule is Cc1ccc(S(=O)(=O)Nc2cn[nH]c2)cc1C(N)=O. The van der Waals surface area contributed by atoms with Gasteiger partial charge in [-0.05, 0) is 24.6 Å². The van der Waals surface area contributed by atoms with Crippen LogP contribution in [-0.4, -0.2) is 24.5 Å². The Morgan fingerprint density at radius 2 is 2.16 bits per heavy atom. The van der Waals surface area contributed by atoms with Crippen LogP contribution in [0.2, 0.25) is 0 Å². The molecular weight excluding hydrogens is 268 g/mol. The number of carbonyl (C=O) groups excluding carboxylic acids is 1. The van der Waals surface area contributed by atoms with E-state index in [-0.39, 0.29) is 10.5 Å². The number of sulfonamides is 1. The topological polar surface area (TPSA) is 118 Å². The van der Waals surface area contributed by atoms with Crippen LogP contribution in [0.1, 0.15) is 15.9 Å². The van der Waals surface area contributed by atoms with Gasteiger partial charge in [0.1, 0.15) is 0 Å². The number of hydrogen-bond donors (Lipinski definition) is 3. The molecule has 19 heavy (non-hydrogen) atoms. The summed E-state index contributed by atoms with van der Waals surface area (Å²) >= 11 is 0. The second-order valence-electron chi connectivity index (χ2n) is 3.93. The fourth-order valence-electron chi connectivity index (χ4n) is 1.55. The molecule has 7 nitrogen and oxygen atoms in total. The maximum Gasteiger partial charge on any atom is 0.262 e. The molecule has 1 amide bonds. The Labute approximate surface area is 109 Å². The van der Waals surface area contributed by atoms with Crippen molar-refractivity contribution in [3.8, 4) is 0 Å². The molecule has 0 unspecified atom stereocenters. The van der Waals surface area contributed by atoms with Crippen LogP contribution in [0.5, 0.6) is 0 Å². The van der Waals surface area contributed by atoms with Crippen molar-refractivity contribution in [3.63, 3.8) is 0 Å². The summed E-state index contributed by atoms with van der Waals surface area (Å²) in [5.74, 6) is -0.669. The van der Waals surface area contributed by atoms with Gasteiger partial charge in [-0.15, -0.1) is 0 Å². The third kappa shape index (κ3) is 2.74. The highest BCUT2D eigenvalue weighted by Gasteiger charge is 2.17. The zero-order valence-corrected chi connectivity index (χ0v) is 10.9. The van der Waals surface area contributed by atoms with Crippen LogP contribution < -0.4 is 10.5 Å². The van der Waals surface area contributed by atoms with E-state index in [1.165, 1.54) is 30.6 Å². The lowest BCUT2D eigenvalue weighted by atomic mass is 10.1. The number of primary amides is 1. The number of rotatable bonds is 4. The lowest BCUT2D eigenvalue weighted by Crippen LogP contribution is -2.16. The van der Waals surface area contributed by atoms with Gasteiger partial charge in [-0.1, -0.05) is 6.07 Å². The number of aromatic amines is 1. The molecule has 2 aromatic rings. The Kier molecular flexibility index (Phi) is 3.26. The summed E-state index contributed by atoms with van der Waals surface area (Å²) in [6.07, 6.45) is 2.74. The molecule has 8 heteroatoms. The zero-order valence-electron chi connectivity index (χ0n) is 10.0. The summed E-state index contributed by atoms with van der Waals surface area (Å²) in [6.45, 7) is 1.68. The smallest absolute Gasteiger partial charge is 0.262 e. The van der Waals surface area contributed by atoms with Crippen LogP contribution in [0.3, 0.4) is 0 Å². The van der Waals surface area contributed by atoms with Crippen LogP contribution in [-0.2, 0) is 10.0 Å². The maximum absolute atomic E-state index is 12.1. The van der Waals surface area contributed by atoms with Gasteiger partial charge in [0, 0.05) is 11.8 Å². The standard InChI is InChI=1S/C11H12N4O3S/c1-7-2-3-9(4-10(7)11(12)16)19(17,18)15-8-5-13-14-6-8/h2-6,15H,1H3,(H2,12,16)(H,13,14). The first-order valence-electron chi connectivity index (χ1n) is 5.32. The molecular formula is C11H12N4O3S. The maximum atomic E-state index is 12.1. The molecule has 0 spiro atoms. The average molecular weight is 280 g/mol. The van der Waals surface area contributed by atoms with E-state index in [0.717, 1.165) is 0 Å². The number of aryl methyl sites for hydroxylation is 1. The molecule has 4 N–H and O–H groups in total. The minimum atomic E-state index is -3.77. The normalized spacial score (nSPS) is 11.2. The van der Waals surface area contributed by atoms with Crippen molar-refractivity contribution in [1.29, 1.82) is 0 Å². The average Bonchev–Trinajstić information content (AvgIpc) is 2.80. The van der Waals surface area contributed by atoms with Crippen LogP contribution in [0, 0.1) is 6.92 Å². The van der Waals surface area contributed by atoms with Gasteiger partial charge in [0.2, 0.25) is 5.91 Å². The van der Waals surface area contributed by atoms with Gasteiger partial charge in [0.05, 0.1) is 16.8 Å². The Bertz CT molecular complexity index is 708. The predicted octanol–water partition coefficient (Wildman–Crippen LogP) is 0.618. The summed E-state index contributed by atoms with van der Waals surface area (Å²) in [5, 5.41) is 6.13. The van der Waals surface area contributed by atoms with E-state index in [2.05, 4.69) is 14.9 Å². The lowest BCUT2D eigenvalue weighted by molar-refractivity contribution is 0.0999. The minimum Gasteiger partial charge on any atom is -0.366 e. The summed E-state index contributed by atoms with van der Waals surface area (Å²) in [7, 11) is -3.77. The van der Waals surface area contributed by atoms with Crippen molar-refractivity contribution < 1.29 is 13.2 Å². The Morgan fingerprint density at radius 3 is 2.74 bits per heavy atom. The molecule has 0 saturated heterocycles. The van der Waals surface area contributed by atoms with E-state index < -0.39 is 15.9 Å². The second-order valence-corrected chi connectivity index (χ2v) is 5.62. The molecule has 0 aliphatic carbocycles. The van der Waals surface area contributed by atoms with Gasteiger partial charge in [-0.25, -0.2) is 8.42 Å². The van der Waals surface area contributed by atoms with E-state index in [4.69, 9.17) is 5.73 Å². The Morgan fingerprint density at radius 1 is 1.42 bits per heavy atom. The zero-order chi connectivity index (χ0) is 14.0. The fraction of sp³-hybridized carbons (Fsp3) is 0.0909. The number of nitrogens with one attached hydrogen (secondary N) is 2. The molecule has 100 valence electrons. The lowest BCUT2D eigenvalue weighted by Gasteiger charge is -2.08. The summed E-state index contributed by atoms with van der Waals surface area (Å²) in [6, 6.07) is 4.19. The predicted molar refractivity (Wildman–Crippen MR) is 69.1 cm³/mol. The number of nitrogens with zero attached hydrogens (tertiary/aromatic N) is 1. The van der Waals surface area contributed by atoms with E-state index in [1.807, 2.05) is 0 Å². The number of carbonyl (C=O) groups is 1. The van der Waals surface area contributed by atoms with E-state index >= 15 is 0 Å². The van der Waals surface area contributed by atoms with Crippen molar-refractivity contribution in [2.75, 3.05) is 4.72 Å². The summed E-state index contributed by atoms with van der Waals surface area (Å²) in [5.41, 5.74) is 6.30. The highest BCUT2D eigenvalue weighted by atomic mass is 32.2. The monoisotopic (exact) mass is 280 g/mol. The fourth-order valence-corrected chi connectivity index (χ4v) is 2.61. The van der Waals surface area contributed by atoms with Gasteiger partial charge < -0.3 is 5.73 Å². The van der Waals surface area contributed by atoms with Gasteiger partial charge >= 0.3 is 0 Å². The van der Waals surface area contributed by atoms with Crippen LogP contribution >= 0.6 is 0 Å². The number of anilines is 1. The molecule has 0 aliphatic heterocycles. The number of amides is 1. The molecule has 0 radical (unpaired) electrons. The van der Waals surface area contributed by atoms with Gasteiger partial charge in [-0.3, -0.25) is 14.6 Å². The molecule has 1 aromatic carbocycles. The molecule has 0 saturated carbocycles. The van der Waals surface area contributed by atoms with Crippen LogP contribution in [0.4, 0.5) is 5.69 Å². The molecule has 0 bridgehead atoms. The highest BCUT2D eigenvalue weighted by Crippen LogP contribution is 2.18. The van der Waals surface area contributed by atoms with E-state index in [1.54, 1.807) is 6.92 Å². The summed E-state index contributed by atoms with van der Waals surface area (Å²) in [4.78, 5) is 11.2. The Balaban J connectivity index is 2.41. The van der Waals surface area contributed by atoms with Crippen molar-refractivity contribution >= 4 is 21.6 Å². The largest absolute Gasteiger partial charge is 0.366 e. The third-order valence-electron chi connectivity index (χ3n) is 2.54. The minimum absolute atomic E-state index is 0.0342. The van der Waals surface area contributed by atoms with Crippen molar-refractivity contribution in [2.45, 2.75) is 11.8 Å². The molecule has 0 aliphatic rings. The number of hydrogen-bond acceptors (Lipinski definition) is 4. The number of H-pyrrole nitrogens is 1. The third-order valence-corrected chi connectivity index (χ3v) is 3.91.